The van der Waals surface area contributed by atoms with E-state index in [0.29, 0.717) is 35.4 Å². The van der Waals surface area contributed by atoms with E-state index in [-0.39, 0.29) is 28.7 Å². The Balaban J connectivity index is 1.27. The van der Waals surface area contributed by atoms with Crippen LogP contribution in [-0.4, -0.2) is 58.1 Å². The molecule has 1 aliphatic rings. The lowest BCUT2D eigenvalue weighted by molar-refractivity contribution is -0.113. The molecule has 1 fully saturated rings. The van der Waals surface area contributed by atoms with E-state index in [9.17, 15) is 26.8 Å². The quantitative estimate of drug-likeness (QED) is 0.250. The van der Waals surface area contributed by atoms with Crippen LogP contribution in [0.5, 0.6) is 0 Å². The predicted octanol–water partition coefficient (Wildman–Crippen LogP) is 4.38. The summed E-state index contributed by atoms with van der Waals surface area (Å²) in [6, 6.07) is 16.7. The zero-order chi connectivity index (χ0) is 30.4. The molecule has 5 rings (SSSR count). The van der Waals surface area contributed by atoms with Crippen molar-refractivity contribution in [1.82, 2.24) is 24.4 Å². The van der Waals surface area contributed by atoms with Gasteiger partial charge in [0.1, 0.15) is 11.6 Å². The molecule has 0 atom stereocenters. The SMILES string of the molecule is O=C(CSc1nnc(CNC(=O)c2ccc(S(=O)(=O)N3CCCCC3)cc2)n1-c1ccc(F)cc1)Nc1ccc(F)cc1. The molecule has 0 radical (unpaired) electrons. The lowest BCUT2D eigenvalue weighted by Crippen LogP contribution is -2.35. The maximum Gasteiger partial charge on any atom is 0.251 e. The first kappa shape index (κ1) is 30.3. The minimum Gasteiger partial charge on any atom is -0.345 e. The summed E-state index contributed by atoms with van der Waals surface area (Å²) < 4.78 is 55.7. The molecular formula is C29H28F2N6O4S2. The van der Waals surface area contributed by atoms with Gasteiger partial charge in [0.05, 0.1) is 17.2 Å². The molecule has 1 saturated heterocycles. The average Bonchev–Trinajstić information content (AvgIpc) is 3.43. The van der Waals surface area contributed by atoms with Gasteiger partial charge < -0.3 is 10.6 Å². The molecule has 1 aliphatic heterocycles. The number of rotatable bonds is 10. The molecule has 2 N–H and O–H groups in total. The Bertz CT molecular complexity index is 1690. The molecule has 10 nitrogen and oxygen atoms in total. The molecule has 2 heterocycles. The number of carbonyl (C=O) groups is 2. The van der Waals surface area contributed by atoms with E-state index < -0.39 is 27.6 Å². The van der Waals surface area contributed by atoms with Crippen LogP contribution in [0.4, 0.5) is 14.5 Å². The summed E-state index contributed by atoms with van der Waals surface area (Å²) >= 11 is 1.08. The topological polar surface area (TPSA) is 126 Å². The van der Waals surface area contributed by atoms with Gasteiger partial charge in [0, 0.05) is 30.0 Å². The number of amides is 2. The van der Waals surface area contributed by atoms with E-state index in [4.69, 9.17) is 0 Å². The highest BCUT2D eigenvalue weighted by Gasteiger charge is 2.26. The van der Waals surface area contributed by atoms with Crippen molar-refractivity contribution in [1.29, 1.82) is 0 Å². The van der Waals surface area contributed by atoms with E-state index in [1.807, 2.05) is 0 Å². The molecule has 0 bridgehead atoms. The standard InChI is InChI=1S/C29H28F2N6O4S2/c30-21-6-10-23(11-7-21)33-27(38)19-42-29-35-34-26(37(29)24-12-8-22(31)9-13-24)18-32-28(39)20-4-14-25(15-5-20)43(40,41)36-16-2-1-3-17-36/h4-15H,1-3,16-19H2,(H,32,39)(H,33,38). The Morgan fingerprint density at radius 1 is 0.837 bits per heavy atom. The molecular weight excluding hydrogens is 598 g/mol. The van der Waals surface area contributed by atoms with Gasteiger partial charge >= 0.3 is 0 Å². The molecule has 0 saturated carbocycles. The Hall–Kier alpha value is -4.14. The first-order valence-electron chi connectivity index (χ1n) is 13.5. The number of piperidine rings is 1. The number of sulfonamides is 1. The lowest BCUT2D eigenvalue weighted by atomic mass is 10.2. The molecule has 4 aromatic rings. The van der Waals surface area contributed by atoms with Crippen LogP contribution in [-0.2, 0) is 21.4 Å². The predicted molar refractivity (Wildman–Crippen MR) is 157 cm³/mol. The van der Waals surface area contributed by atoms with Crippen molar-refractivity contribution in [2.24, 2.45) is 0 Å². The second-order valence-corrected chi connectivity index (χ2v) is 12.6. The van der Waals surface area contributed by atoms with Gasteiger partial charge in [-0.2, -0.15) is 4.31 Å². The number of nitrogens with zero attached hydrogens (tertiary/aromatic N) is 4. The number of benzene rings is 3. The number of nitrogens with one attached hydrogen (secondary N) is 2. The summed E-state index contributed by atoms with van der Waals surface area (Å²) in [7, 11) is -3.62. The maximum absolute atomic E-state index is 13.6. The van der Waals surface area contributed by atoms with Gasteiger partial charge in [0.15, 0.2) is 11.0 Å². The van der Waals surface area contributed by atoms with Crippen molar-refractivity contribution in [3.8, 4) is 5.69 Å². The zero-order valence-electron chi connectivity index (χ0n) is 22.9. The van der Waals surface area contributed by atoms with Crippen LogP contribution < -0.4 is 10.6 Å². The molecule has 3 aromatic carbocycles. The molecule has 224 valence electrons. The Labute approximate surface area is 251 Å². The summed E-state index contributed by atoms with van der Waals surface area (Å²) in [5, 5.41) is 14.1. The number of carbonyl (C=O) groups excluding carboxylic acids is 2. The largest absolute Gasteiger partial charge is 0.345 e. The number of hydrogen-bond acceptors (Lipinski definition) is 7. The van der Waals surface area contributed by atoms with E-state index in [1.165, 1.54) is 77.1 Å². The minimum absolute atomic E-state index is 0.0459. The fourth-order valence-corrected chi connectivity index (χ4v) is 6.80. The highest BCUT2D eigenvalue weighted by atomic mass is 32.2. The van der Waals surface area contributed by atoms with Gasteiger partial charge in [-0.25, -0.2) is 17.2 Å². The van der Waals surface area contributed by atoms with Gasteiger partial charge in [-0.3, -0.25) is 14.2 Å². The van der Waals surface area contributed by atoms with Crippen LogP contribution in [0.3, 0.4) is 0 Å². The Morgan fingerprint density at radius 3 is 2.12 bits per heavy atom. The van der Waals surface area contributed by atoms with Crippen molar-refractivity contribution < 1.29 is 26.8 Å². The summed E-state index contributed by atoms with van der Waals surface area (Å²) in [6.45, 7) is 0.913. The van der Waals surface area contributed by atoms with Crippen molar-refractivity contribution in [3.05, 3.63) is 95.8 Å². The van der Waals surface area contributed by atoms with Crippen molar-refractivity contribution in [2.45, 2.75) is 35.9 Å². The van der Waals surface area contributed by atoms with E-state index >= 15 is 0 Å². The van der Waals surface area contributed by atoms with Gasteiger partial charge in [0.25, 0.3) is 5.91 Å². The van der Waals surface area contributed by atoms with E-state index in [1.54, 1.807) is 4.57 Å². The minimum atomic E-state index is -3.62. The molecule has 43 heavy (non-hydrogen) atoms. The third-order valence-electron chi connectivity index (χ3n) is 6.72. The highest BCUT2D eigenvalue weighted by Crippen LogP contribution is 2.24. The first-order valence-corrected chi connectivity index (χ1v) is 15.9. The zero-order valence-corrected chi connectivity index (χ0v) is 24.5. The molecule has 0 aliphatic carbocycles. The fourth-order valence-electron chi connectivity index (χ4n) is 4.51. The van der Waals surface area contributed by atoms with Crippen LogP contribution in [0, 0.1) is 11.6 Å². The third-order valence-corrected chi connectivity index (χ3v) is 9.56. The second kappa shape index (κ2) is 13.4. The van der Waals surface area contributed by atoms with Crippen LogP contribution >= 0.6 is 11.8 Å². The monoisotopic (exact) mass is 626 g/mol. The van der Waals surface area contributed by atoms with Crippen LogP contribution in [0.2, 0.25) is 0 Å². The second-order valence-electron chi connectivity index (χ2n) is 9.73. The Morgan fingerprint density at radius 2 is 1.47 bits per heavy atom. The van der Waals surface area contributed by atoms with E-state index in [2.05, 4.69) is 20.8 Å². The smallest absolute Gasteiger partial charge is 0.251 e. The molecule has 0 unspecified atom stereocenters. The number of anilines is 1. The van der Waals surface area contributed by atoms with Crippen LogP contribution in [0.25, 0.3) is 5.69 Å². The van der Waals surface area contributed by atoms with Gasteiger partial charge in [-0.05, 0) is 85.6 Å². The van der Waals surface area contributed by atoms with Crippen molar-refractivity contribution >= 4 is 39.3 Å². The molecule has 14 heteroatoms. The third kappa shape index (κ3) is 7.45. The number of halogens is 2. The molecule has 0 spiro atoms. The molecule has 1 aromatic heterocycles. The summed E-state index contributed by atoms with van der Waals surface area (Å²) in [6.07, 6.45) is 2.66. The van der Waals surface area contributed by atoms with Gasteiger partial charge in [-0.1, -0.05) is 18.2 Å². The van der Waals surface area contributed by atoms with Crippen LogP contribution in [0.15, 0.2) is 82.8 Å². The Kier molecular flexibility index (Phi) is 9.48. The fraction of sp³-hybridized carbons (Fsp3) is 0.241. The van der Waals surface area contributed by atoms with Crippen molar-refractivity contribution in [3.63, 3.8) is 0 Å². The van der Waals surface area contributed by atoms with Crippen molar-refractivity contribution in [2.75, 3.05) is 24.2 Å². The normalized spacial score (nSPS) is 13.9. The molecule has 2 amide bonds. The maximum atomic E-state index is 13.6. The summed E-state index contributed by atoms with van der Waals surface area (Å²) in [5.74, 6) is -1.39. The average molecular weight is 627 g/mol. The first-order chi connectivity index (χ1) is 20.7. The summed E-state index contributed by atoms with van der Waals surface area (Å²) in [4.78, 5) is 25.5. The van der Waals surface area contributed by atoms with Crippen LogP contribution in [0.1, 0.15) is 35.4 Å². The van der Waals surface area contributed by atoms with E-state index in [0.717, 1.165) is 31.0 Å². The highest BCUT2D eigenvalue weighted by molar-refractivity contribution is 7.99. The summed E-state index contributed by atoms with van der Waals surface area (Å²) in [5.41, 5.74) is 1.22. The van der Waals surface area contributed by atoms with Gasteiger partial charge in [-0.15, -0.1) is 10.2 Å². The number of hydrogen-bond donors (Lipinski definition) is 2. The number of aromatic nitrogens is 3. The lowest BCUT2D eigenvalue weighted by Gasteiger charge is -2.25. The van der Waals surface area contributed by atoms with Gasteiger partial charge in [0.2, 0.25) is 15.9 Å². The number of thioether (sulfide) groups is 1.